The minimum absolute atomic E-state index is 0.00457. The molecule has 0 saturated carbocycles. The van der Waals surface area contributed by atoms with Crippen LogP contribution in [0.25, 0.3) is 0 Å². The van der Waals surface area contributed by atoms with E-state index in [0.29, 0.717) is 19.5 Å². The first-order chi connectivity index (χ1) is 14.5. The predicted octanol–water partition coefficient (Wildman–Crippen LogP) is 2.74. The number of rotatable bonds is 5. The van der Waals surface area contributed by atoms with E-state index in [2.05, 4.69) is 11.6 Å². The zero-order valence-electron chi connectivity index (χ0n) is 17.8. The van der Waals surface area contributed by atoms with Gasteiger partial charge in [0.1, 0.15) is 18.1 Å². The second kappa shape index (κ2) is 8.91. The second-order valence-electron chi connectivity index (χ2n) is 8.37. The van der Waals surface area contributed by atoms with E-state index in [9.17, 15) is 27.6 Å². The van der Waals surface area contributed by atoms with Crippen LogP contribution in [-0.2, 0) is 4.79 Å². The van der Waals surface area contributed by atoms with Gasteiger partial charge >= 0.3 is 6.18 Å². The van der Waals surface area contributed by atoms with Gasteiger partial charge in [0.25, 0.3) is 0 Å². The molecular weight excluding hydrogens is 414 g/mol. The van der Waals surface area contributed by atoms with Gasteiger partial charge in [0, 0.05) is 39.3 Å². The minimum Gasteiger partial charge on any atom is -0.344 e. The van der Waals surface area contributed by atoms with Gasteiger partial charge in [-0.2, -0.15) is 18.4 Å². The van der Waals surface area contributed by atoms with Crippen LogP contribution in [0, 0.1) is 23.3 Å². The van der Waals surface area contributed by atoms with Crippen molar-refractivity contribution in [3.8, 4) is 6.19 Å². The molecule has 1 N–H and O–H groups in total. The van der Waals surface area contributed by atoms with Crippen LogP contribution in [0.2, 0.25) is 0 Å². The molecule has 3 aliphatic rings. The van der Waals surface area contributed by atoms with Gasteiger partial charge in [-0.3, -0.25) is 4.79 Å². The molecule has 170 valence electrons. The standard InChI is InChI=1S/C21H27F4N5O/c1-13(14-5-4-6-16(22)18(14)21(23,24)25)7-9-28(2)20(31)19-15-11-30(12-26)10-8-17(15)27-29(19)3/h4-6,13,16,18-19,27H,7-11H2,1-3H3. The highest BCUT2D eigenvalue weighted by molar-refractivity contribution is 5.85. The molecular formula is C21H27F4N5O. The first-order valence-corrected chi connectivity index (χ1v) is 10.2. The summed E-state index contributed by atoms with van der Waals surface area (Å²) in [5, 5.41) is 10.9. The summed E-state index contributed by atoms with van der Waals surface area (Å²) in [4.78, 5) is 16.2. The molecule has 4 unspecified atom stereocenters. The Morgan fingerprint density at radius 2 is 2.16 bits per heavy atom. The van der Waals surface area contributed by atoms with E-state index >= 15 is 0 Å². The van der Waals surface area contributed by atoms with Crippen molar-refractivity contribution in [1.29, 1.82) is 5.26 Å². The summed E-state index contributed by atoms with van der Waals surface area (Å²) in [5.41, 5.74) is 4.97. The van der Waals surface area contributed by atoms with Crippen LogP contribution in [0.1, 0.15) is 19.8 Å². The van der Waals surface area contributed by atoms with Crippen molar-refractivity contribution in [1.82, 2.24) is 20.2 Å². The first kappa shape index (κ1) is 23.1. The summed E-state index contributed by atoms with van der Waals surface area (Å²) in [6.07, 6.45) is -0.147. The highest BCUT2D eigenvalue weighted by Crippen LogP contribution is 2.42. The molecule has 0 aromatic heterocycles. The van der Waals surface area contributed by atoms with Gasteiger partial charge in [-0.1, -0.05) is 24.6 Å². The Morgan fingerprint density at radius 1 is 1.45 bits per heavy atom. The maximum atomic E-state index is 14.0. The quantitative estimate of drug-likeness (QED) is 0.525. The van der Waals surface area contributed by atoms with Gasteiger partial charge < -0.3 is 15.2 Å². The van der Waals surface area contributed by atoms with E-state index in [4.69, 9.17) is 0 Å². The maximum absolute atomic E-state index is 14.0. The van der Waals surface area contributed by atoms with Crippen molar-refractivity contribution in [2.24, 2.45) is 11.8 Å². The van der Waals surface area contributed by atoms with E-state index in [-0.39, 0.29) is 24.4 Å². The monoisotopic (exact) mass is 441 g/mol. The van der Waals surface area contributed by atoms with E-state index in [1.165, 1.54) is 17.1 Å². The number of nitrogens with zero attached hydrogens (tertiary/aromatic N) is 4. The average molecular weight is 441 g/mol. The number of hydrogen-bond donors (Lipinski definition) is 1. The van der Waals surface area contributed by atoms with Crippen molar-refractivity contribution < 1.29 is 22.4 Å². The number of carbonyl (C=O) groups is 1. The number of nitriles is 1. The SMILES string of the molecule is CC(CCN(C)C(=O)C1C2=C(CCN(C#N)C2)NN1C)C1=CC=CC(F)C1C(F)(F)F. The molecule has 0 aromatic carbocycles. The smallest absolute Gasteiger partial charge is 0.344 e. The Labute approximate surface area is 179 Å². The lowest BCUT2D eigenvalue weighted by Gasteiger charge is -2.32. The van der Waals surface area contributed by atoms with Gasteiger partial charge in [0.15, 0.2) is 6.19 Å². The summed E-state index contributed by atoms with van der Waals surface area (Å²) in [6.45, 7) is 2.82. The average Bonchev–Trinajstić information content (AvgIpc) is 3.04. The minimum atomic E-state index is -4.67. The molecule has 1 aliphatic carbocycles. The van der Waals surface area contributed by atoms with Gasteiger partial charge in [-0.05, 0) is 24.0 Å². The fraction of sp³-hybridized carbons (Fsp3) is 0.619. The highest BCUT2D eigenvalue weighted by Gasteiger charge is 2.48. The molecule has 3 rings (SSSR count). The number of alkyl halides is 4. The molecule has 0 radical (unpaired) electrons. The van der Waals surface area contributed by atoms with Crippen molar-refractivity contribution in [2.75, 3.05) is 33.7 Å². The van der Waals surface area contributed by atoms with E-state index < -0.39 is 30.2 Å². The molecule has 0 bridgehead atoms. The van der Waals surface area contributed by atoms with Crippen LogP contribution in [0.4, 0.5) is 17.6 Å². The third kappa shape index (κ3) is 4.71. The third-order valence-corrected chi connectivity index (χ3v) is 6.24. The van der Waals surface area contributed by atoms with E-state index in [0.717, 1.165) is 17.3 Å². The van der Waals surface area contributed by atoms with Crippen LogP contribution in [0.15, 0.2) is 35.1 Å². The number of nitrogens with one attached hydrogen (secondary N) is 1. The zero-order chi connectivity index (χ0) is 22.9. The van der Waals surface area contributed by atoms with Crippen LogP contribution >= 0.6 is 0 Å². The van der Waals surface area contributed by atoms with Gasteiger partial charge in [-0.15, -0.1) is 0 Å². The van der Waals surface area contributed by atoms with Crippen molar-refractivity contribution >= 4 is 5.91 Å². The Bertz CT molecular complexity index is 844. The fourth-order valence-corrected chi connectivity index (χ4v) is 4.46. The Balaban J connectivity index is 1.65. The number of hydrogen-bond acceptors (Lipinski definition) is 5. The zero-order valence-corrected chi connectivity index (χ0v) is 17.8. The van der Waals surface area contributed by atoms with Crippen LogP contribution in [-0.4, -0.2) is 72.8 Å². The number of halogens is 4. The fourth-order valence-electron chi connectivity index (χ4n) is 4.46. The second-order valence-corrected chi connectivity index (χ2v) is 8.37. The molecule has 6 nitrogen and oxygen atoms in total. The largest absolute Gasteiger partial charge is 0.398 e. The summed E-state index contributed by atoms with van der Waals surface area (Å²) < 4.78 is 54.1. The summed E-state index contributed by atoms with van der Waals surface area (Å²) in [5.74, 6) is -2.88. The van der Waals surface area contributed by atoms with Crippen LogP contribution < -0.4 is 5.43 Å². The predicted molar refractivity (Wildman–Crippen MR) is 107 cm³/mol. The molecule has 2 aliphatic heterocycles. The van der Waals surface area contributed by atoms with Crippen LogP contribution in [0.5, 0.6) is 0 Å². The maximum Gasteiger partial charge on any atom is 0.398 e. The number of carbonyl (C=O) groups excluding carboxylic acids is 1. The van der Waals surface area contributed by atoms with Crippen LogP contribution in [0.3, 0.4) is 0 Å². The molecule has 4 atom stereocenters. The molecule has 0 saturated heterocycles. The number of amides is 1. The normalized spacial score (nSPS) is 27.4. The summed E-state index contributed by atoms with van der Waals surface area (Å²) >= 11 is 0. The van der Waals surface area contributed by atoms with E-state index in [1.807, 2.05) is 0 Å². The first-order valence-electron chi connectivity index (χ1n) is 10.2. The Hall–Kier alpha value is -2.54. The van der Waals surface area contributed by atoms with Gasteiger partial charge in [0.05, 0.1) is 6.54 Å². The van der Waals surface area contributed by atoms with Gasteiger partial charge in [0.2, 0.25) is 5.91 Å². The lowest BCUT2D eigenvalue weighted by molar-refractivity contribution is -0.177. The van der Waals surface area contributed by atoms with E-state index in [1.54, 1.807) is 30.9 Å². The van der Waals surface area contributed by atoms with Gasteiger partial charge in [-0.25, -0.2) is 9.40 Å². The molecule has 0 spiro atoms. The van der Waals surface area contributed by atoms with Crippen molar-refractivity contribution in [2.45, 2.75) is 38.2 Å². The number of allylic oxidation sites excluding steroid dienone is 4. The summed E-state index contributed by atoms with van der Waals surface area (Å²) in [7, 11) is 3.36. The number of likely N-dealkylation sites (N-methyl/N-ethyl adjacent to an activating group) is 2. The topological polar surface area (TPSA) is 62.6 Å². The Kier molecular flexibility index (Phi) is 6.65. The number of hydrazine groups is 1. The molecule has 1 amide bonds. The molecule has 0 aromatic rings. The molecule has 31 heavy (non-hydrogen) atoms. The summed E-state index contributed by atoms with van der Waals surface area (Å²) in [6, 6.07) is -0.568. The lowest BCUT2D eigenvalue weighted by Crippen LogP contribution is -2.48. The molecule has 2 heterocycles. The molecule has 0 fully saturated rings. The van der Waals surface area contributed by atoms with Crippen molar-refractivity contribution in [3.63, 3.8) is 0 Å². The molecule has 10 heteroatoms. The van der Waals surface area contributed by atoms with Crippen molar-refractivity contribution in [3.05, 3.63) is 35.1 Å². The highest BCUT2D eigenvalue weighted by atomic mass is 19.4. The Morgan fingerprint density at radius 3 is 2.81 bits per heavy atom. The lowest BCUT2D eigenvalue weighted by atomic mass is 9.81. The third-order valence-electron chi connectivity index (χ3n) is 6.24.